The number of aliphatic imine (C=N–C) groups is 1. The van der Waals surface area contributed by atoms with Gasteiger partial charge in [-0.1, -0.05) is 13.8 Å². The van der Waals surface area contributed by atoms with E-state index < -0.39 is 41.3 Å². The van der Waals surface area contributed by atoms with E-state index in [0.29, 0.717) is 73.9 Å². The van der Waals surface area contributed by atoms with Crippen molar-refractivity contribution in [3.05, 3.63) is 45.5 Å². The van der Waals surface area contributed by atoms with Crippen molar-refractivity contribution >= 4 is 79.8 Å². The van der Waals surface area contributed by atoms with Crippen molar-refractivity contribution in [1.82, 2.24) is 19.8 Å². The summed E-state index contributed by atoms with van der Waals surface area (Å²) in [6.07, 6.45) is -0.185. The van der Waals surface area contributed by atoms with E-state index in [9.17, 15) is 38.7 Å². The number of thiazole rings is 1. The Balaban J connectivity index is 1.15. The minimum atomic E-state index is -0.988. The summed E-state index contributed by atoms with van der Waals surface area (Å²) < 4.78 is 17.7. The second-order valence-electron chi connectivity index (χ2n) is 15.0. The maximum atomic E-state index is 13.6. The van der Waals surface area contributed by atoms with Crippen LogP contribution in [0.1, 0.15) is 65.3 Å². The standard InChI is InChI=1S/C40H49N5O12S2/c1-23-24(2)35(50)33(25(3)34(23)49)40(4,5)12-13-43(6)14-15-44(16-18-55-20-19-54-17-11-32(48)57-45-30(46)9-10-31(45)47)39(53)56-26-7-8-27-29(21-26)59-37(41-27)36-42-28(22-58-36)38(51)52/h7-8,21,28H,9-20,22H2,1-6H3,(H,51,52)/t28-/m1/s1. The zero-order valence-corrected chi connectivity index (χ0v) is 35.6. The molecule has 3 amide bonds. The van der Waals surface area contributed by atoms with Gasteiger partial charge in [-0.25, -0.2) is 19.4 Å². The number of carbonyl (C=O) groups excluding carboxylic acids is 6. The number of rotatable bonds is 20. The number of likely N-dealkylation sites (N-methyl/N-ethyl adjacent to an activating group) is 1. The molecule has 1 atom stereocenters. The first-order valence-corrected chi connectivity index (χ1v) is 21.0. The highest BCUT2D eigenvalue weighted by molar-refractivity contribution is 8.15. The molecule has 5 rings (SSSR count). The number of carbonyl (C=O) groups is 7. The van der Waals surface area contributed by atoms with Gasteiger partial charge in [0.05, 0.1) is 43.1 Å². The number of allylic oxidation sites excluding steroid dienone is 4. The van der Waals surface area contributed by atoms with Crippen LogP contribution in [0, 0.1) is 5.41 Å². The number of hydrogen-bond acceptors (Lipinski definition) is 16. The summed E-state index contributed by atoms with van der Waals surface area (Å²) >= 11 is 2.66. The number of fused-ring (bicyclic) bond motifs is 1. The van der Waals surface area contributed by atoms with E-state index in [0.717, 1.165) is 4.70 Å². The molecule has 2 aliphatic heterocycles. The maximum absolute atomic E-state index is 13.6. The molecule has 3 aliphatic rings. The largest absolute Gasteiger partial charge is 0.480 e. The third kappa shape index (κ3) is 11.5. The Morgan fingerprint density at radius 2 is 1.58 bits per heavy atom. The van der Waals surface area contributed by atoms with Crippen molar-refractivity contribution in [2.75, 3.05) is 65.4 Å². The zero-order chi connectivity index (χ0) is 43.0. The lowest BCUT2D eigenvalue weighted by Gasteiger charge is -2.33. The van der Waals surface area contributed by atoms with Crippen LogP contribution in [0.4, 0.5) is 4.79 Å². The van der Waals surface area contributed by atoms with Crippen molar-refractivity contribution in [2.24, 2.45) is 10.4 Å². The van der Waals surface area contributed by atoms with Crippen molar-refractivity contribution in [1.29, 1.82) is 0 Å². The topological polar surface area (TPSA) is 212 Å². The molecule has 0 saturated carbocycles. The number of ether oxygens (including phenoxy) is 3. The Morgan fingerprint density at radius 1 is 0.898 bits per heavy atom. The molecule has 59 heavy (non-hydrogen) atoms. The average Bonchev–Trinajstić information content (AvgIpc) is 3.93. The molecule has 0 spiro atoms. The number of carboxylic acid groups (broad SMARTS) is 1. The molecule has 318 valence electrons. The number of carboxylic acids is 1. The molecule has 0 unspecified atom stereocenters. The molecular formula is C40H49N5O12S2. The predicted molar refractivity (Wildman–Crippen MR) is 218 cm³/mol. The van der Waals surface area contributed by atoms with Crippen LogP contribution in [0.15, 0.2) is 45.5 Å². The molecule has 1 saturated heterocycles. The van der Waals surface area contributed by atoms with Crippen molar-refractivity contribution in [3.8, 4) is 5.75 Å². The summed E-state index contributed by atoms with van der Waals surface area (Å²) in [5, 5.41) is 11.0. The fraction of sp³-hybridized carbons (Fsp3) is 0.525. The van der Waals surface area contributed by atoms with Gasteiger partial charge in [0.1, 0.15) is 15.8 Å². The first kappa shape index (κ1) is 45.3. The van der Waals surface area contributed by atoms with E-state index in [1.807, 2.05) is 25.8 Å². The molecule has 17 nitrogen and oxygen atoms in total. The lowest BCUT2D eigenvalue weighted by molar-refractivity contribution is -0.198. The average molecular weight is 856 g/mol. The monoisotopic (exact) mass is 855 g/mol. The molecule has 0 bridgehead atoms. The fourth-order valence-corrected chi connectivity index (χ4v) is 8.59. The summed E-state index contributed by atoms with van der Waals surface area (Å²) in [6, 6.07) is 4.24. The Hall–Kier alpha value is -4.82. The first-order valence-electron chi connectivity index (χ1n) is 19.2. The number of aromatic nitrogens is 1. The van der Waals surface area contributed by atoms with Gasteiger partial charge in [-0.15, -0.1) is 28.2 Å². The number of imide groups is 1. The number of ketones is 2. The van der Waals surface area contributed by atoms with Crippen LogP contribution in [-0.4, -0.2) is 143 Å². The number of hydrogen-bond donors (Lipinski definition) is 1. The van der Waals surface area contributed by atoms with Crippen LogP contribution in [0.3, 0.4) is 0 Å². The zero-order valence-electron chi connectivity index (χ0n) is 34.0. The van der Waals surface area contributed by atoms with E-state index in [1.165, 1.54) is 28.0 Å². The highest BCUT2D eigenvalue weighted by atomic mass is 32.2. The molecule has 19 heteroatoms. The molecule has 2 aromatic rings. The SMILES string of the molecule is CC1=C(C)C(=O)C(C(C)(C)CCN(C)CCN(CCOCCOCCC(=O)ON2C(=O)CCC2=O)C(=O)Oc2ccc3nc(C4=N[C@@H](C(=O)O)CS4)sc3c2)=C(C)C1=O. The number of benzene rings is 1. The van der Waals surface area contributed by atoms with Crippen LogP contribution in [0.2, 0.25) is 0 Å². The van der Waals surface area contributed by atoms with E-state index in [1.54, 1.807) is 39.0 Å². The van der Waals surface area contributed by atoms with E-state index in [2.05, 4.69) is 9.98 Å². The van der Waals surface area contributed by atoms with Gasteiger partial charge in [-0.3, -0.25) is 24.2 Å². The molecule has 0 radical (unpaired) electrons. The number of Topliss-reactive ketones (excluding diaryl/α,β-unsaturated/α-hetero) is 2. The van der Waals surface area contributed by atoms with Crippen molar-refractivity contribution < 1.29 is 57.7 Å². The fourth-order valence-electron chi connectivity index (χ4n) is 6.50. The highest BCUT2D eigenvalue weighted by Crippen LogP contribution is 2.39. The summed E-state index contributed by atoms with van der Waals surface area (Å²) in [7, 11) is 1.91. The summed E-state index contributed by atoms with van der Waals surface area (Å²) in [4.78, 5) is 104. The Morgan fingerprint density at radius 3 is 2.25 bits per heavy atom. The van der Waals surface area contributed by atoms with Crippen LogP contribution in [0.5, 0.6) is 5.75 Å². The normalized spacial score (nSPS) is 17.5. The smallest absolute Gasteiger partial charge is 0.415 e. The molecule has 1 aromatic carbocycles. The second kappa shape index (κ2) is 20.0. The number of aliphatic carboxylic acids is 1. The summed E-state index contributed by atoms with van der Waals surface area (Å²) in [5.41, 5.74) is 2.04. The third-order valence-corrected chi connectivity index (χ3v) is 12.4. The van der Waals surface area contributed by atoms with Crippen molar-refractivity contribution in [2.45, 2.75) is 66.3 Å². The van der Waals surface area contributed by atoms with Crippen LogP contribution >= 0.6 is 23.1 Å². The quantitative estimate of drug-likeness (QED) is 0.112. The number of nitrogens with zero attached hydrogens (tertiary/aromatic N) is 5. The van der Waals surface area contributed by atoms with Gasteiger partial charge in [-0.05, 0) is 58.3 Å². The van der Waals surface area contributed by atoms with Crippen LogP contribution < -0.4 is 4.74 Å². The molecular weight excluding hydrogens is 807 g/mol. The lowest BCUT2D eigenvalue weighted by Crippen LogP contribution is -2.42. The van der Waals surface area contributed by atoms with E-state index in [-0.39, 0.29) is 70.3 Å². The van der Waals surface area contributed by atoms with Gasteiger partial charge < -0.3 is 34.0 Å². The minimum Gasteiger partial charge on any atom is -0.480 e. The van der Waals surface area contributed by atoms with Crippen LogP contribution in [0.25, 0.3) is 10.2 Å². The van der Waals surface area contributed by atoms with Gasteiger partial charge in [0, 0.05) is 66.6 Å². The summed E-state index contributed by atoms with van der Waals surface area (Å²) in [5.74, 6) is -2.46. The Bertz CT molecular complexity index is 2090. The van der Waals surface area contributed by atoms with Gasteiger partial charge in [0.15, 0.2) is 17.6 Å². The Kier molecular flexibility index (Phi) is 15.3. The summed E-state index contributed by atoms with van der Waals surface area (Å²) in [6.45, 7) is 10.9. The maximum Gasteiger partial charge on any atom is 0.415 e. The van der Waals surface area contributed by atoms with Gasteiger partial charge in [0.25, 0.3) is 11.8 Å². The number of hydroxylamine groups is 2. The lowest BCUT2D eigenvalue weighted by atomic mass is 9.71. The molecule has 1 aromatic heterocycles. The number of amides is 3. The third-order valence-electron chi connectivity index (χ3n) is 10.2. The highest BCUT2D eigenvalue weighted by Gasteiger charge is 2.37. The minimum absolute atomic E-state index is 0.00601. The Labute approximate surface area is 349 Å². The van der Waals surface area contributed by atoms with Crippen molar-refractivity contribution in [3.63, 3.8) is 0 Å². The van der Waals surface area contributed by atoms with Crippen LogP contribution in [-0.2, 0) is 43.1 Å². The predicted octanol–water partition coefficient (Wildman–Crippen LogP) is 4.23. The molecule has 3 heterocycles. The molecule has 1 N–H and O–H groups in total. The number of thioether (sulfide) groups is 1. The van der Waals surface area contributed by atoms with E-state index in [4.69, 9.17) is 19.0 Å². The first-order chi connectivity index (χ1) is 28.0. The van der Waals surface area contributed by atoms with Gasteiger partial charge in [-0.2, -0.15) is 0 Å². The molecule has 1 fully saturated rings. The molecule has 1 aliphatic carbocycles. The van der Waals surface area contributed by atoms with Gasteiger partial charge in [0.2, 0.25) is 0 Å². The van der Waals surface area contributed by atoms with Gasteiger partial charge >= 0.3 is 18.0 Å². The second-order valence-corrected chi connectivity index (χ2v) is 17.0. The van der Waals surface area contributed by atoms with E-state index >= 15 is 0 Å².